The van der Waals surface area contributed by atoms with Gasteiger partial charge in [-0.05, 0) is 37.1 Å². The molecule has 1 heterocycles. The van der Waals surface area contributed by atoms with Gasteiger partial charge in [-0.2, -0.15) is 0 Å². The summed E-state index contributed by atoms with van der Waals surface area (Å²) in [4.78, 5) is 2.55. The van der Waals surface area contributed by atoms with E-state index in [4.69, 9.17) is 11.6 Å². The van der Waals surface area contributed by atoms with Crippen molar-refractivity contribution in [3.05, 3.63) is 34.9 Å². The normalized spacial score (nSPS) is 20.8. The topological polar surface area (TPSA) is 15.3 Å². The first-order chi connectivity index (χ1) is 8.63. The third-order valence-corrected chi connectivity index (χ3v) is 3.72. The van der Waals surface area contributed by atoms with E-state index >= 15 is 0 Å². The van der Waals surface area contributed by atoms with Crippen LogP contribution in [0.15, 0.2) is 24.3 Å². The minimum Gasteiger partial charge on any atom is -0.310 e. The smallest absolute Gasteiger partial charge is 0.0406 e. The first-order valence-electron chi connectivity index (χ1n) is 6.86. The highest BCUT2D eigenvalue weighted by molar-refractivity contribution is 6.30. The summed E-state index contributed by atoms with van der Waals surface area (Å²) in [5.74, 6) is 0. The van der Waals surface area contributed by atoms with E-state index in [2.05, 4.69) is 36.2 Å². The maximum Gasteiger partial charge on any atom is 0.0406 e. The van der Waals surface area contributed by atoms with Crippen LogP contribution in [0.1, 0.15) is 25.8 Å². The van der Waals surface area contributed by atoms with Crippen molar-refractivity contribution in [2.45, 2.75) is 38.8 Å². The Morgan fingerprint density at radius 2 is 2.06 bits per heavy atom. The highest BCUT2D eigenvalue weighted by Gasteiger charge is 2.21. The van der Waals surface area contributed by atoms with E-state index in [1.165, 1.54) is 25.1 Å². The molecule has 1 aliphatic heterocycles. The zero-order valence-corrected chi connectivity index (χ0v) is 12.1. The molecule has 0 aromatic heterocycles. The minimum absolute atomic E-state index is 0.589. The van der Waals surface area contributed by atoms with Crippen molar-refractivity contribution in [2.75, 3.05) is 19.6 Å². The van der Waals surface area contributed by atoms with Crippen LogP contribution in [0.3, 0.4) is 0 Å². The largest absolute Gasteiger partial charge is 0.310 e. The summed E-state index contributed by atoms with van der Waals surface area (Å²) < 4.78 is 0. The van der Waals surface area contributed by atoms with Crippen LogP contribution >= 0.6 is 11.6 Å². The van der Waals surface area contributed by atoms with Crippen LogP contribution in [0, 0.1) is 0 Å². The molecule has 0 radical (unpaired) electrons. The van der Waals surface area contributed by atoms with E-state index in [9.17, 15) is 0 Å². The molecule has 0 amide bonds. The van der Waals surface area contributed by atoms with Gasteiger partial charge in [0.15, 0.2) is 0 Å². The van der Waals surface area contributed by atoms with Gasteiger partial charge >= 0.3 is 0 Å². The van der Waals surface area contributed by atoms with E-state index in [0.717, 1.165) is 18.0 Å². The lowest BCUT2D eigenvalue weighted by molar-refractivity contribution is 0.328. The van der Waals surface area contributed by atoms with Crippen LogP contribution in [0.2, 0.25) is 5.02 Å². The Balaban J connectivity index is 1.73. The molecule has 2 rings (SSSR count). The number of hydrogen-bond acceptors (Lipinski definition) is 2. The van der Waals surface area contributed by atoms with Crippen molar-refractivity contribution >= 4 is 11.6 Å². The molecule has 2 nitrogen and oxygen atoms in total. The van der Waals surface area contributed by atoms with Crippen molar-refractivity contribution < 1.29 is 0 Å². The molecular weight excluding hydrogens is 244 g/mol. The fourth-order valence-corrected chi connectivity index (χ4v) is 2.71. The zero-order valence-electron chi connectivity index (χ0n) is 11.3. The molecule has 1 aromatic carbocycles. The average molecular weight is 267 g/mol. The van der Waals surface area contributed by atoms with Crippen molar-refractivity contribution in [2.24, 2.45) is 0 Å². The fraction of sp³-hybridized carbons (Fsp3) is 0.600. The lowest BCUT2D eigenvalue weighted by atomic mass is 10.1. The predicted molar refractivity (Wildman–Crippen MR) is 78.3 cm³/mol. The number of halogens is 1. The second kappa shape index (κ2) is 6.55. The van der Waals surface area contributed by atoms with E-state index in [-0.39, 0.29) is 0 Å². The van der Waals surface area contributed by atoms with Crippen molar-refractivity contribution in [1.29, 1.82) is 0 Å². The molecule has 1 aliphatic rings. The first kappa shape index (κ1) is 13.9. The van der Waals surface area contributed by atoms with Crippen molar-refractivity contribution in [1.82, 2.24) is 10.2 Å². The molecule has 1 atom stereocenters. The summed E-state index contributed by atoms with van der Waals surface area (Å²) in [6.45, 7) is 7.99. The Labute approximate surface area is 115 Å². The third-order valence-electron chi connectivity index (χ3n) is 3.47. The maximum atomic E-state index is 5.89. The minimum atomic E-state index is 0.589. The molecule has 1 N–H and O–H groups in total. The molecule has 100 valence electrons. The highest BCUT2D eigenvalue weighted by atomic mass is 35.5. The van der Waals surface area contributed by atoms with E-state index < -0.39 is 0 Å². The molecule has 1 aromatic rings. The quantitative estimate of drug-likeness (QED) is 0.882. The van der Waals surface area contributed by atoms with Crippen molar-refractivity contribution in [3.63, 3.8) is 0 Å². The third kappa shape index (κ3) is 4.27. The molecule has 0 saturated carbocycles. The number of likely N-dealkylation sites (tertiary alicyclic amines) is 1. The highest BCUT2D eigenvalue weighted by Crippen LogP contribution is 2.13. The number of nitrogens with zero attached hydrogens (tertiary/aromatic N) is 1. The Hall–Kier alpha value is -0.570. The Bertz CT molecular complexity index is 361. The summed E-state index contributed by atoms with van der Waals surface area (Å²) in [6, 6.07) is 9.47. The fourth-order valence-electron chi connectivity index (χ4n) is 2.58. The van der Waals surface area contributed by atoms with Crippen LogP contribution in [0.25, 0.3) is 0 Å². The second-order valence-electron chi connectivity index (χ2n) is 5.48. The summed E-state index contributed by atoms with van der Waals surface area (Å²) in [7, 11) is 0. The number of hydrogen-bond donors (Lipinski definition) is 1. The van der Waals surface area contributed by atoms with E-state index in [1.807, 2.05) is 12.1 Å². The van der Waals surface area contributed by atoms with Gasteiger partial charge < -0.3 is 10.2 Å². The molecule has 18 heavy (non-hydrogen) atoms. The second-order valence-corrected chi connectivity index (χ2v) is 5.92. The lowest BCUT2D eigenvalue weighted by Gasteiger charge is -2.18. The summed E-state index contributed by atoms with van der Waals surface area (Å²) in [5, 5.41) is 4.44. The molecule has 0 aliphatic carbocycles. The van der Waals surface area contributed by atoms with E-state index in [1.54, 1.807) is 0 Å². The Kier molecular flexibility index (Phi) is 5.04. The van der Waals surface area contributed by atoms with Gasteiger partial charge in [-0.3, -0.25) is 0 Å². The van der Waals surface area contributed by atoms with E-state index in [0.29, 0.717) is 12.1 Å². The summed E-state index contributed by atoms with van der Waals surface area (Å²) in [6.07, 6.45) is 2.39. The van der Waals surface area contributed by atoms with Gasteiger partial charge in [-0.1, -0.05) is 37.6 Å². The maximum absolute atomic E-state index is 5.89. The molecule has 1 fully saturated rings. The predicted octanol–water partition coefficient (Wildman–Crippen LogP) is 2.95. The standard InChI is InChI=1S/C15H23ClN2/c1-12(2)17-15-8-10-18(11-15)9-7-13-3-5-14(16)6-4-13/h3-6,12,15,17H,7-11H2,1-2H3. The van der Waals surface area contributed by atoms with Crippen LogP contribution in [-0.2, 0) is 6.42 Å². The van der Waals surface area contributed by atoms with Gasteiger partial charge in [0.2, 0.25) is 0 Å². The number of benzene rings is 1. The molecular formula is C15H23ClN2. The van der Waals surface area contributed by atoms with Gasteiger partial charge in [0.1, 0.15) is 0 Å². The molecule has 0 bridgehead atoms. The number of nitrogens with one attached hydrogen (secondary N) is 1. The first-order valence-corrected chi connectivity index (χ1v) is 7.24. The monoisotopic (exact) mass is 266 g/mol. The van der Waals surface area contributed by atoms with Gasteiger partial charge in [0.05, 0.1) is 0 Å². The van der Waals surface area contributed by atoms with Gasteiger partial charge in [-0.25, -0.2) is 0 Å². The van der Waals surface area contributed by atoms with Gasteiger partial charge in [0.25, 0.3) is 0 Å². The van der Waals surface area contributed by atoms with Crippen LogP contribution in [0.4, 0.5) is 0 Å². The van der Waals surface area contributed by atoms with Gasteiger partial charge in [-0.15, -0.1) is 0 Å². The molecule has 0 spiro atoms. The van der Waals surface area contributed by atoms with Crippen LogP contribution in [0.5, 0.6) is 0 Å². The summed E-state index contributed by atoms with van der Waals surface area (Å²) in [5.41, 5.74) is 1.37. The molecule has 3 heteroatoms. The van der Waals surface area contributed by atoms with Crippen LogP contribution in [-0.4, -0.2) is 36.6 Å². The Morgan fingerprint density at radius 3 is 2.72 bits per heavy atom. The SMILES string of the molecule is CC(C)NC1CCN(CCc2ccc(Cl)cc2)C1. The lowest BCUT2D eigenvalue weighted by Crippen LogP contribution is -2.37. The zero-order chi connectivity index (χ0) is 13.0. The summed E-state index contributed by atoms with van der Waals surface area (Å²) >= 11 is 5.89. The number of rotatable bonds is 5. The Morgan fingerprint density at radius 1 is 1.33 bits per heavy atom. The molecule has 1 saturated heterocycles. The average Bonchev–Trinajstić information content (AvgIpc) is 2.75. The molecule has 1 unspecified atom stereocenters. The van der Waals surface area contributed by atoms with Gasteiger partial charge in [0, 0.05) is 30.2 Å². The van der Waals surface area contributed by atoms with Crippen LogP contribution < -0.4 is 5.32 Å². The van der Waals surface area contributed by atoms with Crippen molar-refractivity contribution in [3.8, 4) is 0 Å².